The number of rotatable bonds is 3. The van der Waals surface area contributed by atoms with Gasteiger partial charge >= 0.3 is 5.97 Å². The molecule has 0 bridgehead atoms. The van der Waals surface area contributed by atoms with Gasteiger partial charge < -0.3 is 15.5 Å². The maximum absolute atomic E-state index is 12.2. The van der Waals surface area contributed by atoms with Crippen molar-refractivity contribution >= 4 is 49.2 Å². The van der Waals surface area contributed by atoms with Gasteiger partial charge in [0.1, 0.15) is 12.1 Å². The first-order chi connectivity index (χ1) is 9.40. The van der Waals surface area contributed by atoms with Crippen LogP contribution in [0.4, 0.5) is 0 Å². The molecule has 0 aliphatic carbocycles. The van der Waals surface area contributed by atoms with E-state index in [-0.39, 0.29) is 5.39 Å². The van der Waals surface area contributed by atoms with Gasteiger partial charge in [0.2, 0.25) is 5.43 Å². The number of hydrogen-bond acceptors (Lipinski definition) is 5. The third-order valence-electron chi connectivity index (χ3n) is 2.46. The molecule has 3 N–H and O–H groups in total. The van der Waals surface area contributed by atoms with Crippen LogP contribution < -0.4 is 10.7 Å². The van der Waals surface area contributed by atoms with Crippen molar-refractivity contribution in [3.8, 4) is 5.06 Å². The predicted molar refractivity (Wildman–Crippen MR) is 77.4 cm³/mol. The number of aromatic hydroxyl groups is 1. The molecule has 0 spiro atoms. The molecular weight excluding hydrogens is 350 g/mol. The van der Waals surface area contributed by atoms with E-state index in [2.05, 4.69) is 21.2 Å². The van der Waals surface area contributed by atoms with Gasteiger partial charge in [-0.1, -0.05) is 27.3 Å². The number of aliphatic carboxylic acids is 1. The summed E-state index contributed by atoms with van der Waals surface area (Å²) < 4.78 is 1.20. The molecule has 0 atom stereocenters. The van der Waals surface area contributed by atoms with Crippen LogP contribution in [0.5, 0.6) is 5.06 Å². The molecule has 0 fully saturated rings. The number of fused-ring (bicyclic) bond motifs is 1. The van der Waals surface area contributed by atoms with Gasteiger partial charge in [-0.3, -0.25) is 14.4 Å². The molecule has 6 nitrogen and oxygen atoms in total. The van der Waals surface area contributed by atoms with E-state index in [0.29, 0.717) is 9.17 Å². The Bertz CT molecular complexity index is 770. The summed E-state index contributed by atoms with van der Waals surface area (Å²) in [7, 11) is 0. The average molecular weight is 358 g/mol. The molecule has 1 aromatic heterocycles. The Hall–Kier alpha value is -1.93. The molecule has 2 rings (SSSR count). The largest absolute Gasteiger partial charge is 0.499 e. The Balaban J connectivity index is 2.56. The van der Waals surface area contributed by atoms with Crippen LogP contribution >= 0.6 is 27.3 Å². The molecule has 1 amide bonds. The topological polar surface area (TPSA) is 104 Å². The minimum absolute atomic E-state index is 0.280. The Morgan fingerprint density at radius 1 is 1.35 bits per heavy atom. The van der Waals surface area contributed by atoms with E-state index in [4.69, 9.17) is 5.11 Å². The first kappa shape index (κ1) is 14.5. The second kappa shape index (κ2) is 5.59. The lowest BCUT2D eigenvalue weighted by Crippen LogP contribution is -2.32. The summed E-state index contributed by atoms with van der Waals surface area (Å²) in [5, 5.41) is 20.2. The van der Waals surface area contributed by atoms with Crippen molar-refractivity contribution < 1.29 is 19.8 Å². The lowest BCUT2D eigenvalue weighted by atomic mass is 10.2. The van der Waals surface area contributed by atoms with E-state index in [1.807, 2.05) is 0 Å². The van der Waals surface area contributed by atoms with Gasteiger partial charge in [-0.25, -0.2) is 0 Å². The standard InChI is InChI=1S/C12H8BrNO5S/c13-5-1-2-7-6(3-5)10(17)9(12(19)20-7)11(18)14-4-8(15)16/h1-3,19H,4H2,(H,14,18)(H,15,16). The van der Waals surface area contributed by atoms with Crippen LogP contribution in [0.25, 0.3) is 10.1 Å². The van der Waals surface area contributed by atoms with Crippen LogP contribution in [-0.2, 0) is 4.79 Å². The number of carboxylic acid groups (broad SMARTS) is 1. The van der Waals surface area contributed by atoms with Crippen molar-refractivity contribution in [1.82, 2.24) is 5.32 Å². The number of amides is 1. The van der Waals surface area contributed by atoms with Crippen molar-refractivity contribution in [2.45, 2.75) is 0 Å². The number of hydrogen-bond donors (Lipinski definition) is 3. The zero-order valence-electron chi connectivity index (χ0n) is 9.84. The van der Waals surface area contributed by atoms with E-state index in [9.17, 15) is 19.5 Å². The highest BCUT2D eigenvalue weighted by Crippen LogP contribution is 2.29. The van der Waals surface area contributed by atoms with Gasteiger partial charge in [0.25, 0.3) is 5.91 Å². The summed E-state index contributed by atoms with van der Waals surface area (Å²) in [6.07, 6.45) is 0. The van der Waals surface area contributed by atoms with Gasteiger partial charge in [-0.15, -0.1) is 0 Å². The number of carbonyl (C=O) groups excluding carboxylic acids is 1. The molecule has 0 aliphatic heterocycles. The van der Waals surface area contributed by atoms with E-state index in [1.54, 1.807) is 18.2 Å². The molecule has 0 aliphatic rings. The van der Waals surface area contributed by atoms with Crippen LogP contribution in [0.3, 0.4) is 0 Å². The number of carboxylic acids is 1. The summed E-state index contributed by atoms with van der Waals surface area (Å²) in [4.78, 5) is 34.4. The maximum atomic E-state index is 12.2. The molecule has 2 aromatic rings. The highest BCUT2D eigenvalue weighted by atomic mass is 79.9. The molecule has 0 unspecified atom stereocenters. The molecule has 0 saturated heterocycles. The minimum Gasteiger partial charge on any atom is -0.499 e. The summed E-state index contributed by atoms with van der Waals surface area (Å²) in [6, 6.07) is 4.90. The molecule has 1 aromatic carbocycles. The summed E-state index contributed by atoms with van der Waals surface area (Å²) in [5.41, 5.74) is -1.08. The van der Waals surface area contributed by atoms with Crippen LogP contribution in [0, 0.1) is 0 Å². The second-order valence-corrected chi connectivity index (χ2v) is 5.77. The van der Waals surface area contributed by atoms with E-state index < -0.39 is 34.5 Å². The van der Waals surface area contributed by atoms with Gasteiger partial charge in [0, 0.05) is 14.6 Å². The smallest absolute Gasteiger partial charge is 0.322 e. The third-order valence-corrected chi connectivity index (χ3v) is 3.93. The number of carbonyl (C=O) groups is 2. The minimum atomic E-state index is -1.24. The summed E-state index contributed by atoms with van der Waals surface area (Å²) in [6.45, 7) is -0.626. The second-order valence-electron chi connectivity index (χ2n) is 3.83. The lowest BCUT2D eigenvalue weighted by Gasteiger charge is -2.05. The highest BCUT2D eigenvalue weighted by molar-refractivity contribution is 9.10. The fraction of sp³-hybridized carbons (Fsp3) is 0.0833. The van der Waals surface area contributed by atoms with Crippen LogP contribution in [-0.4, -0.2) is 28.6 Å². The summed E-state index contributed by atoms with van der Waals surface area (Å²) in [5.74, 6) is -2.15. The molecule has 0 saturated carbocycles. The maximum Gasteiger partial charge on any atom is 0.322 e. The SMILES string of the molecule is O=C(O)CNC(=O)c1c(O)sc2ccc(Br)cc2c1=O. The quantitative estimate of drug-likeness (QED) is 0.772. The number of benzene rings is 1. The Morgan fingerprint density at radius 3 is 2.70 bits per heavy atom. The van der Waals surface area contributed by atoms with Crippen LogP contribution in [0.2, 0.25) is 0 Å². The Kier molecular flexibility index (Phi) is 4.05. The van der Waals surface area contributed by atoms with Crippen LogP contribution in [0.1, 0.15) is 10.4 Å². The highest BCUT2D eigenvalue weighted by Gasteiger charge is 2.19. The zero-order chi connectivity index (χ0) is 14.9. The van der Waals surface area contributed by atoms with Gasteiger partial charge in [0.05, 0.1) is 0 Å². The first-order valence-electron chi connectivity index (χ1n) is 5.35. The third kappa shape index (κ3) is 2.81. The average Bonchev–Trinajstić information content (AvgIpc) is 2.37. The zero-order valence-corrected chi connectivity index (χ0v) is 12.2. The van der Waals surface area contributed by atoms with Crippen molar-refractivity contribution in [3.05, 3.63) is 38.5 Å². The summed E-state index contributed by atoms with van der Waals surface area (Å²) >= 11 is 4.10. The van der Waals surface area contributed by atoms with E-state index in [0.717, 1.165) is 11.3 Å². The Labute approximate surface area is 124 Å². The molecule has 20 heavy (non-hydrogen) atoms. The lowest BCUT2D eigenvalue weighted by molar-refractivity contribution is -0.135. The Morgan fingerprint density at radius 2 is 2.05 bits per heavy atom. The number of halogens is 1. The predicted octanol–water partition coefficient (Wildman–Crippen LogP) is 1.54. The van der Waals surface area contributed by atoms with Gasteiger partial charge in [-0.2, -0.15) is 0 Å². The molecular formula is C12H8BrNO5S. The normalized spacial score (nSPS) is 10.4. The van der Waals surface area contributed by atoms with Gasteiger partial charge in [0.15, 0.2) is 5.06 Å². The van der Waals surface area contributed by atoms with Crippen molar-refractivity contribution in [3.63, 3.8) is 0 Å². The monoisotopic (exact) mass is 357 g/mol. The van der Waals surface area contributed by atoms with Gasteiger partial charge in [-0.05, 0) is 18.2 Å². The molecule has 104 valence electrons. The van der Waals surface area contributed by atoms with Crippen molar-refractivity contribution in [2.75, 3.05) is 6.54 Å². The van der Waals surface area contributed by atoms with Crippen molar-refractivity contribution in [1.29, 1.82) is 0 Å². The molecule has 1 heterocycles. The van der Waals surface area contributed by atoms with Crippen molar-refractivity contribution in [2.24, 2.45) is 0 Å². The van der Waals surface area contributed by atoms with E-state index in [1.165, 1.54) is 0 Å². The fourth-order valence-corrected chi connectivity index (χ4v) is 2.85. The fourth-order valence-electron chi connectivity index (χ4n) is 1.60. The number of nitrogens with one attached hydrogen (secondary N) is 1. The molecule has 0 radical (unpaired) electrons. The van der Waals surface area contributed by atoms with E-state index >= 15 is 0 Å². The molecule has 8 heteroatoms. The first-order valence-corrected chi connectivity index (χ1v) is 6.96. The van der Waals surface area contributed by atoms with Crippen LogP contribution in [0.15, 0.2) is 27.5 Å².